The molecule has 13 heteroatoms. The molecule has 0 radical (unpaired) electrons. The Morgan fingerprint density at radius 1 is 1.07 bits per heavy atom. The Labute approximate surface area is 258 Å². The Morgan fingerprint density at radius 2 is 1.72 bits per heavy atom. The lowest BCUT2D eigenvalue weighted by molar-refractivity contribution is -0.140. The highest BCUT2D eigenvalue weighted by Gasteiger charge is 2.45. The number of allylic oxidation sites excluding steroid dienone is 1. The molecule has 4 heterocycles. The zero-order chi connectivity index (χ0) is 30.9. The summed E-state index contributed by atoms with van der Waals surface area (Å²) in [6.45, 7) is 2.80. The van der Waals surface area contributed by atoms with Gasteiger partial charge < -0.3 is 20.3 Å². The number of nitrogens with two attached hydrogens (primary N) is 1. The van der Waals surface area contributed by atoms with Crippen LogP contribution >= 0.6 is 11.6 Å². The number of guanidine groups is 1. The van der Waals surface area contributed by atoms with Crippen LogP contribution in [0.5, 0.6) is 0 Å². The van der Waals surface area contributed by atoms with Gasteiger partial charge in [0.25, 0.3) is 0 Å². The molecular formula is C30H41ClN6O5S. The van der Waals surface area contributed by atoms with Crippen LogP contribution in [0.4, 0.5) is 0 Å². The standard InChI is InChI=1S/C30H41ClN6O5S/c1-42-27(38)15-19-3-5-21(6-4-19)24-17-25(34-28(24)31)26-16-23(20-9-13-36(14-10-20)43(2,40)41)18-37(26)29(39)22-7-11-35(12-8-22)30(32)33/h3-6,20,22-23,26H,7-18H2,1-2H3,(H3,32,33)/t23-,26-/m0/s1. The van der Waals surface area contributed by atoms with Gasteiger partial charge in [-0.3, -0.25) is 15.0 Å². The number of likely N-dealkylation sites (tertiary alicyclic amines) is 2. The first-order valence-corrected chi connectivity index (χ1v) is 17.1. The topological polar surface area (TPSA) is 149 Å². The molecule has 43 heavy (non-hydrogen) atoms. The number of halogens is 1. The van der Waals surface area contributed by atoms with E-state index < -0.39 is 10.0 Å². The molecule has 1 aromatic rings. The number of hydrogen-bond acceptors (Lipinski definition) is 7. The third-order valence-corrected chi connectivity index (χ3v) is 11.2. The number of carbonyl (C=O) groups is 2. The van der Waals surface area contributed by atoms with E-state index in [1.165, 1.54) is 13.4 Å². The van der Waals surface area contributed by atoms with E-state index in [2.05, 4.69) is 0 Å². The third-order valence-electron chi connectivity index (χ3n) is 9.55. The van der Waals surface area contributed by atoms with Crippen molar-refractivity contribution in [3.63, 3.8) is 0 Å². The van der Waals surface area contributed by atoms with Gasteiger partial charge in [-0.1, -0.05) is 35.9 Å². The van der Waals surface area contributed by atoms with Crippen LogP contribution in [0, 0.1) is 23.2 Å². The second-order valence-corrected chi connectivity index (χ2v) is 14.5. The summed E-state index contributed by atoms with van der Waals surface area (Å²) >= 11 is 6.71. The van der Waals surface area contributed by atoms with E-state index in [1.807, 2.05) is 29.2 Å². The number of rotatable bonds is 7. The molecule has 2 atom stereocenters. The number of amides is 1. The molecule has 11 nitrogen and oxygen atoms in total. The molecule has 234 valence electrons. The molecule has 0 aliphatic carbocycles. The van der Waals surface area contributed by atoms with Gasteiger partial charge in [0.05, 0.1) is 25.8 Å². The first kappa shape index (κ1) is 31.5. The van der Waals surface area contributed by atoms with E-state index in [-0.39, 0.29) is 42.1 Å². The predicted octanol–water partition coefficient (Wildman–Crippen LogP) is 2.65. The third kappa shape index (κ3) is 7.07. The second kappa shape index (κ2) is 13.0. The van der Waals surface area contributed by atoms with Gasteiger partial charge in [0.15, 0.2) is 5.96 Å². The smallest absolute Gasteiger partial charge is 0.309 e. The molecule has 3 saturated heterocycles. The monoisotopic (exact) mass is 632 g/mol. The minimum absolute atomic E-state index is 0.0392. The van der Waals surface area contributed by atoms with Gasteiger partial charge >= 0.3 is 5.97 Å². The summed E-state index contributed by atoms with van der Waals surface area (Å²) in [5, 5.41) is 8.16. The number of carbonyl (C=O) groups excluding carboxylic acids is 2. The molecule has 4 aliphatic heterocycles. The van der Waals surface area contributed by atoms with Crippen molar-refractivity contribution >= 4 is 50.7 Å². The molecule has 0 aromatic heterocycles. The van der Waals surface area contributed by atoms with Crippen molar-refractivity contribution in [2.45, 2.75) is 51.0 Å². The first-order chi connectivity index (χ1) is 20.4. The number of sulfonamides is 1. The Balaban J connectivity index is 1.31. The summed E-state index contributed by atoms with van der Waals surface area (Å²) in [6.07, 6.45) is 5.61. The molecule has 3 N–H and O–H groups in total. The SMILES string of the molecule is COC(=O)Cc1ccc(C2=C(Cl)N=C([C@@H]3C[C@H](C4CCN(S(C)(=O)=O)CC4)CN3C(=O)C3CCN(C(=N)N)CC3)C2)cc1. The number of aliphatic imine (C=N–C) groups is 1. The number of methoxy groups -OCH3 is 1. The number of piperidine rings is 2. The summed E-state index contributed by atoms with van der Waals surface area (Å²) < 4.78 is 30.5. The van der Waals surface area contributed by atoms with Crippen molar-refractivity contribution in [2.75, 3.05) is 46.1 Å². The van der Waals surface area contributed by atoms with Crippen LogP contribution < -0.4 is 5.73 Å². The summed E-state index contributed by atoms with van der Waals surface area (Å²) in [4.78, 5) is 34.3. The van der Waals surface area contributed by atoms with E-state index in [0.717, 1.165) is 41.7 Å². The fourth-order valence-corrected chi connectivity index (χ4v) is 8.17. The van der Waals surface area contributed by atoms with Gasteiger partial charge in [0.1, 0.15) is 5.16 Å². The molecular weight excluding hydrogens is 592 g/mol. The van der Waals surface area contributed by atoms with Gasteiger partial charge in [-0.05, 0) is 55.1 Å². The lowest BCUT2D eigenvalue weighted by atomic mass is 9.82. The number of esters is 1. The van der Waals surface area contributed by atoms with Crippen molar-refractivity contribution in [1.29, 1.82) is 5.41 Å². The molecule has 0 saturated carbocycles. The van der Waals surface area contributed by atoms with Crippen LogP contribution in [0.3, 0.4) is 0 Å². The Hall–Kier alpha value is -2.96. The lowest BCUT2D eigenvalue weighted by Crippen LogP contribution is -2.48. The second-order valence-electron chi connectivity index (χ2n) is 12.1. The van der Waals surface area contributed by atoms with Crippen molar-refractivity contribution in [3.8, 4) is 0 Å². The van der Waals surface area contributed by atoms with Gasteiger partial charge in [-0.2, -0.15) is 0 Å². The first-order valence-electron chi connectivity index (χ1n) is 14.9. The number of benzene rings is 1. The number of ether oxygens (including phenoxy) is 1. The van der Waals surface area contributed by atoms with Gasteiger partial charge in [-0.25, -0.2) is 17.7 Å². The van der Waals surface area contributed by atoms with Crippen LogP contribution in [0.1, 0.15) is 49.7 Å². The number of nitrogens with one attached hydrogen (secondary N) is 1. The molecule has 0 bridgehead atoms. The van der Waals surface area contributed by atoms with Crippen LogP contribution in [0.2, 0.25) is 0 Å². The minimum atomic E-state index is -3.22. The van der Waals surface area contributed by atoms with Gasteiger partial charge in [-0.15, -0.1) is 0 Å². The maximum absolute atomic E-state index is 14.0. The fourth-order valence-electron chi connectivity index (χ4n) is 7.01. The molecule has 5 rings (SSSR count). The highest BCUT2D eigenvalue weighted by Crippen LogP contribution is 2.41. The van der Waals surface area contributed by atoms with Crippen LogP contribution in [-0.2, 0) is 30.8 Å². The summed E-state index contributed by atoms with van der Waals surface area (Å²) in [5.74, 6) is 0.282. The largest absolute Gasteiger partial charge is 0.469 e. The summed E-state index contributed by atoms with van der Waals surface area (Å²) in [7, 11) is -1.85. The Morgan fingerprint density at radius 3 is 2.30 bits per heavy atom. The van der Waals surface area contributed by atoms with Crippen molar-refractivity contribution < 1.29 is 22.7 Å². The minimum Gasteiger partial charge on any atom is -0.469 e. The van der Waals surface area contributed by atoms with E-state index in [4.69, 9.17) is 32.5 Å². The lowest BCUT2D eigenvalue weighted by Gasteiger charge is -2.35. The quantitative estimate of drug-likeness (QED) is 0.203. The number of hydrogen-bond donors (Lipinski definition) is 2. The average molecular weight is 633 g/mol. The van der Waals surface area contributed by atoms with E-state index in [1.54, 1.807) is 9.21 Å². The Kier molecular flexibility index (Phi) is 9.48. The molecule has 1 amide bonds. The van der Waals surface area contributed by atoms with E-state index in [0.29, 0.717) is 63.1 Å². The average Bonchev–Trinajstić information content (AvgIpc) is 3.61. The normalized spacial score (nSPS) is 24.4. The highest BCUT2D eigenvalue weighted by atomic mass is 35.5. The van der Waals surface area contributed by atoms with Crippen LogP contribution in [-0.4, -0.2) is 98.2 Å². The zero-order valence-electron chi connectivity index (χ0n) is 24.8. The van der Waals surface area contributed by atoms with Crippen molar-refractivity contribution in [2.24, 2.45) is 28.5 Å². The van der Waals surface area contributed by atoms with Crippen LogP contribution in [0.25, 0.3) is 5.57 Å². The molecule has 4 aliphatic rings. The summed E-state index contributed by atoms with van der Waals surface area (Å²) in [6, 6.07) is 7.47. The van der Waals surface area contributed by atoms with Crippen molar-refractivity contribution in [3.05, 3.63) is 40.5 Å². The van der Waals surface area contributed by atoms with E-state index >= 15 is 0 Å². The Bertz CT molecular complexity index is 1410. The van der Waals surface area contributed by atoms with E-state index in [9.17, 15) is 18.0 Å². The predicted molar refractivity (Wildman–Crippen MR) is 166 cm³/mol. The maximum Gasteiger partial charge on any atom is 0.309 e. The maximum atomic E-state index is 14.0. The molecule has 1 aromatic carbocycles. The molecule has 0 unspecified atom stereocenters. The van der Waals surface area contributed by atoms with Gasteiger partial charge in [0, 0.05) is 56.3 Å². The van der Waals surface area contributed by atoms with Crippen LogP contribution in [0.15, 0.2) is 34.4 Å². The van der Waals surface area contributed by atoms with Crippen molar-refractivity contribution in [1.82, 2.24) is 14.1 Å². The fraction of sp³-hybridized carbons (Fsp3) is 0.600. The molecule has 0 spiro atoms. The zero-order valence-corrected chi connectivity index (χ0v) is 26.4. The number of nitrogens with zero attached hydrogens (tertiary/aromatic N) is 4. The van der Waals surface area contributed by atoms with Gasteiger partial charge in [0.2, 0.25) is 15.9 Å². The summed E-state index contributed by atoms with van der Waals surface area (Å²) in [5.41, 5.74) is 9.23. The highest BCUT2D eigenvalue weighted by molar-refractivity contribution is 7.88. The molecule has 3 fully saturated rings.